The molecule has 0 aromatic heterocycles. The molecule has 82 valence electrons. The van der Waals surface area contributed by atoms with Crippen LogP contribution in [0.15, 0.2) is 0 Å². The molecular weight excluding hydrogens is 293 g/mol. The largest absolute Gasteiger partial charge is 0.465 e. The summed E-state index contributed by atoms with van der Waals surface area (Å²) >= 11 is 2.08. The Balaban J connectivity index is 2.05. The van der Waals surface area contributed by atoms with Crippen LogP contribution in [0.25, 0.3) is 0 Å². The number of esters is 1. The van der Waals surface area contributed by atoms with Gasteiger partial charge in [-0.1, -0.05) is 22.6 Å². The van der Waals surface area contributed by atoms with Crippen LogP contribution in [-0.2, 0) is 9.53 Å². The lowest BCUT2D eigenvalue weighted by Gasteiger charge is -2.19. The molecule has 1 rings (SSSR count). The smallest absolute Gasteiger partial charge is 0.318 e. The van der Waals surface area contributed by atoms with Crippen molar-refractivity contribution in [1.82, 2.24) is 0 Å². The first-order valence-corrected chi connectivity index (χ1v) is 6.57. The Morgan fingerprint density at radius 3 is 2.79 bits per heavy atom. The van der Waals surface area contributed by atoms with Crippen LogP contribution in [0.4, 0.5) is 0 Å². The SMILES string of the molecule is CC(I)C(=O)OCCC1CC[NH2+]CC1. The average Bonchev–Trinajstić information content (AvgIpc) is 2.19. The zero-order chi connectivity index (χ0) is 10.4. The molecule has 0 aliphatic carbocycles. The summed E-state index contributed by atoms with van der Waals surface area (Å²) in [4.78, 5) is 11.1. The van der Waals surface area contributed by atoms with Crippen LogP contribution < -0.4 is 5.32 Å². The fraction of sp³-hybridized carbons (Fsp3) is 0.900. The van der Waals surface area contributed by atoms with E-state index in [0.717, 1.165) is 12.3 Å². The number of halogens is 1. The lowest BCUT2D eigenvalue weighted by atomic mass is 9.95. The van der Waals surface area contributed by atoms with Crippen molar-refractivity contribution in [2.45, 2.75) is 30.1 Å². The van der Waals surface area contributed by atoms with Crippen molar-refractivity contribution in [3.63, 3.8) is 0 Å². The van der Waals surface area contributed by atoms with Crippen LogP contribution >= 0.6 is 22.6 Å². The number of carbonyl (C=O) groups is 1. The van der Waals surface area contributed by atoms with Gasteiger partial charge in [0.2, 0.25) is 0 Å². The summed E-state index contributed by atoms with van der Waals surface area (Å²) < 4.78 is 5.13. The van der Waals surface area contributed by atoms with Crippen molar-refractivity contribution in [2.75, 3.05) is 19.7 Å². The first-order valence-electron chi connectivity index (χ1n) is 5.32. The number of alkyl halides is 1. The van der Waals surface area contributed by atoms with Gasteiger partial charge in [0, 0.05) is 0 Å². The lowest BCUT2D eigenvalue weighted by molar-refractivity contribution is -0.664. The van der Waals surface area contributed by atoms with Crippen LogP contribution in [0.1, 0.15) is 26.2 Å². The monoisotopic (exact) mass is 312 g/mol. The maximum atomic E-state index is 11.1. The highest BCUT2D eigenvalue weighted by molar-refractivity contribution is 14.1. The Kier molecular flexibility index (Phi) is 5.77. The van der Waals surface area contributed by atoms with Gasteiger partial charge in [-0.15, -0.1) is 0 Å². The van der Waals surface area contributed by atoms with Gasteiger partial charge < -0.3 is 10.1 Å². The fourth-order valence-corrected chi connectivity index (χ4v) is 1.91. The molecule has 1 unspecified atom stereocenters. The Morgan fingerprint density at radius 1 is 1.57 bits per heavy atom. The summed E-state index contributed by atoms with van der Waals surface area (Å²) in [6, 6.07) is 0. The van der Waals surface area contributed by atoms with Gasteiger partial charge in [-0.25, -0.2) is 0 Å². The normalized spacial score (nSPS) is 20.4. The highest BCUT2D eigenvalue weighted by Crippen LogP contribution is 2.13. The van der Waals surface area contributed by atoms with E-state index in [-0.39, 0.29) is 9.89 Å². The van der Waals surface area contributed by atoms with E-state index >= 15 is 0 Å². The molecule has 1 saturated heterocycles. The van der Waals surface area contributed by atoms with E-state index in [1.54, 1.807) is 0 Å². The highest BCUT2D eigenvalue weighted by atomic mass is 127. The zero-order valence-electron chi connectivity index (χ0n) is 8.67. The maximum Gasteiger partial charge on any atom is 0.318 e. The number of quaternary nitrogens is 1. The van der Waals surface area contributed by atoms with Gasteiger partial charge in [0.25, 0.3) is 0 Å². The van der Waals surface area contributed by atoms with Crippen LogP contribution in [-0.4, -0.2) is 29.6 Å². The Labute approximate surface area is 99.1 Å². The summed E-state index contributed by atoms with van der Waals surface area (Å²) in [6.07, 6.45) is 3.59. The van der Waals surface area contributed by atoms with Gasteiger partial charge in [-0.2, -0.15) is 0 Å². The predicted molar refractivity (Wildman–Crippen MR) is 63.4 cm³/mol. The van der Waals surface area contributed by atoms with Gasteiger partial charge in [-0.3, -0.25) is 4.79 Å². The van der Waals surface area contributed by atoms with E-state index in [1.165, 1.54) is 25.9 Å². The molecule has 1 aliphatic rings. The number of piperidine rings is 1. The van der Waals surface area contributed by atoms with Crippen molar-refractivity contribution in [3.8, 4) is 0 Å². The zero-order valence-corrected chi connectivity index (χ0v) is 10.8. The summed E-state index contributed by atoms with van der Waals surface area (Å²) in [5.74, 6) is 0.699. The van der Waals surface area contributed by atoms with Crippen LogP contribution in [0, 0.1) is 5.92 Å². The quantitative estimate of drug-likeness (QED) is 0.472. The number of carbonyl (C=O) groups excluding carboxylic acids is 1. The van der Waals surface area contributed by atoms with Crippen molar-refractivity contribution < 1.29 is 14.8 Å². The second-order valence-corrected chi connectivity index (χ2v) is 5.75. The molecule has 0 aromatic carbocycles. The summed E-state index contributed by atoms with van der Waals surface area (Å²) in [5, 5.41) is 2.36. The highest BCUT2D eigenvalue weighted by Gasteiger charge is 2.16. The van der Waals surface area contributed by atoms with Crippen LogP contribution in [0.2, 0.25) is 0 Å². The van der Waals surface area contributed by atoms with Crippen molar-refractivity contribution in [3.05, 3.63) is 0 Å². The van der Waals surface area contributed by atoms with Crippen molar-refractivity contribution in [2.24, 2.45) is 5.92 Å². The average molecular weight is 312 g/mol. The molecule has 14 heavy (non-hydrogen) atoms. The second kappa shape index (κ2) is 6.61. The molecular formula is C10H19INO2+. The maximum absolute atomic E-state index is 11.1. The molecule has 2 N–H and O–H groups in total. The Morgan fingerprint density at radius 2 is 2.21 bits per heavy atom. The van der Waals surface area contributed by atoms with Gasteiger partial charge in [-0.05, 0) is 32.1 Å². The van der Waals surface area contributed by atoms with Crippen LogP contribution in [0.3, 0.4) is 0 Å². The molecule has 3 nitrogen and oxygen atoms in total. The molecule has 1 aliphatic heterocycles. The standard InChI is InChI=1S/C10H18INO2/c1-8(11)10(13)14-7-4-9-2-5-12-6-3-9/h8-9,12H,2-7H2,1H3/p+1. The van der Waals surface area contributed by atoms with E-state index in [2.05, 4.69) is 27.9 Å². The molecule has 0 amide bonds. The fourth-order valence-electron chi connectivity index (χ4n) is 1.73. The molecule has 0 bridgehead atoms. The molecule has 4 heteroatoms. The third kappa shape index (κ3) is 4.59. The minimum absolute atomic E-state index is 0.0210. The summed E-state index contributed by atoms with van der Waals surface area (Å²) in [5.41, 5.74) is 0. The Hall–Kier alpha value is 0.160. The Bertz CT molecular complexity index is 179. The number of nitrogens with two attached hydrogens (primary N) is 1. The molecule has 1 fully saturated rings. The van der Waals surface area contributed by atoms with E-state index in [4.69, 9.17) is 4.74 Å². The topological polar surface area (TPSA) is 42.9 Å². The van der Waals surface area contributed by atoms with Crippen LogP contribution in [0.5, 0.6) is 0 Å². The molecule has 1 atom stereocenters. The molecule has 0 spiro atoms. The molecule has 0 aromatic rings. The van der Waals surface area contributed by atoms with Crippen molar-refractivity contribution in [1.29, 1.82) is 0 Å². The molecule has 0 saturated carbocycles. The number of hydrogen-bond acceptors (Lipinski definition) is 2. The second-order valence-electron chi connectivity index (χ2n) is 3.88. The van der Waals surface area contributed by atoms with E-state index in [9.17, 15) is 4.79 Å². The number of rotatable bonds is 4. The van der Waals surface area contributed by atoms with Gasteiger partial charge >= 0.3 is 5.97 Å². The third-order valence-electron chi connectivity index (χ3n) is 2.65. The van der Waals surface area contributed by atoms with E-state index < -0.39 is 0 Å². The lowest BCUT2D eigenvalue weighted by Crippen LogP contribution is -2.86. The van der Waals surface area contributed by atoms with Gasteiger partial charge in [0.1, 0.15) is 3.92 Å². The minimum Gasteiger partial charge on any atom is -0.465 e. The summed E-state index contributed by atoms with van der Waals surface area (Å²) in [6.45, 7) is 4.94. The first-order chi connectivity index (χ1) is 6.70. The number of ether oxygens (including phenoxy) is 1. The summed E-state index contributed by atoms with van der Waals surface area (Å²) in [7, 11) is 0. The van der Waals surface area contributed by atoms with E-state index in [0.29, 0.717) is 6.61 Å². The first kappa shape index (κ1) is 12.2. The minimum atomic E-state index is -0.0760. The predicted octanol–water partition coefficient (Wildman–Crippen LogP) is 0.717. The van der Waals surface area contributed by atoms with E-state index in [1.807, 2.05) is 6.92 Å². The van der Waals surface area contributed by atoms with Crippen molar-refractivity contribution >= 4 is 28.6 Å². The van der Waals surface area contributed by atoms with Gasteiger partial charge in [0.15, 0.2) is 0 Å². The third-order valence-corrected chi connectivity index (χ3v) is 3.16. The molecule has 0 radical (unpaired) electrons. The molecule has 1 heterocycles. The number of hydrogen-bond donors (Lipinski definition) is 1. The van der Waals surface area contributed by atoms with Gasteiger partial charge in [0.05, 0.1) is 19.7 Å².